The highest BCUT2D eigenvalue weighted by molar-refractivity contribution is 5.04. The Bertz CT molecular complexity index is 325. The molecule has 0 aromatic heterocycles. The van der Waals surface area contributed by atoms with Gasteiger partial charge in [-0.25, -0.2) is 0 Å². The number of nitrogens with zero attached hydrogens (tertiary/aromatic N) is 2. The van der Waals surface area contributed by atoms with Gasteiger partial charge in [0.05, 0.1) is 0 Å². The average molecular weight is 293 g/mol. The second kappa shape index (κ2) is 6.20. The summed E-state index contributed by atoms with van der Waals surface area (Å²) in [4.78, 5) is 5.58. The van der Waals surface area contributed by atoms with Gasteiger partial charge < -0.3 is 9.80 Å². The minimum Gasteiger partial charge on any atom is -0.302 e. The summed E-state index contributed by atoms with van der Waals surface area (Å²) in [5.74, 6) is 2.69. The molecule has 2 nitrogen and oxygen atoms in total. The van der Waals surface area contributed by atoms with Crippen LogP contribution in [0.2, 0.25) is 0 Å². The molecule has 2 bridgehead atoms. The van der Waals surface area contributed by atoms with Crippen molar-refractivity contribution in [1.82, 2.24) is 9.80 Å². The van der Waals surface area contributed by atoms with E-state index in [1.165, 1.54) is 64.8 Å². The van der Waals surface area contributed by atoms with Gasteiger partial charge in [0.15, 0.2) is 0 Å². The van der Waals surface area contributed by atoms with Gasteiger partial charge in [-0.2, -0.15) is 0 Å². The third-order valence-corrected chi connectivity index (χ3v) is 6.63. The van der Waals surface area contributed by atoms with E-state index >= 15 is 0 Å². The first-order valence-corrected chi connectivity index (χ1v) is 9.47. The van der Waals surface area contributed by atoms with E-state index in [9.17, 15) is 0 Å². The summed E-state index contributed by atoms with van der Waals surface area (Å²) >= 11 is 0. The molecule has 1 aliphatic carbocycles. The summed E-state index contributed by atoms with van der Waals surface area (Å²) in [6, 6.07) is 0.729. The van der Waals surface area contributed by atoms with Crippen LogP contribution in [0.25, 0.3) is 0 Å². The van der Waals surface area contributed by atoms with E-state index in [0.29, 0.717) is 0 Å². The van der Waals surface area contributed by atoms with Gasteiger partial charge in [-0.3, -0.25) is 0 Å². The Morgan fingerprint density at radius 1 is 0.857 bits per heavy atom. The van der Waals surface area contributed by atoms with Crippen molar-refractivity contribution in [2.75, 3.05) is 32.7 Å². The largest absolute Gasteiger partial charge is 0.302 e. The van der Waals surface area contributed by atoms with E-state index in [0.717, 1.165) is 29.2 Å². The average Bonchev–Trinajstić information content (AvgIpc) is 2.40. The van der Waals surface area contributed by atoms with Crippen molar-refractivity contribution in [3.63, 3.8) is 0 Å². The van der Waals surface area contributed by atoms with Crippen molar-refractivity contribution < 1.29 is 0 Å². The van der Waals surface area contributed by atoms with Crippen LogP contribution in [0.5, 0.6) is 0 Å². The lowest BCUT2D eigenvalue weighted by Gasteiger charge is -2.61. The highest BCUT2D eigenvalue weighted by Gasteiger charge is 2.53. The summed E-state index contributed by atoms with van der Waals surface area (Å²) in [7, 11) is 0. The van der Waals surface area contributed by atoms with E-state index in [2.05, 4.69) is 37.5 Å². The molecule has 3 fully saturated rings. The summed E-state index contributed by atoms with van der Waals surface area (Å²) in [5, 5.41) is 0. The van der Waals surface area contributed by atoms with Crippen LogP contribution >= 0.6 is 0 Å². The van der Waals surface area contributed by atoms with Crippen LogP contribution < -0.4 is 0 Å². The first kappa shape index (κ1) is 15.8. The van der Waals surface area contributed by atoms with Crippen LogP contribution in [0, 0.1) is 23.2 Å². The third-order valence-electron chi connectivity index (χ3n) is 6.63. The van der Waals surface area contributed by atoms with Crippen molar-refractivity contribution in [1.29, 1.82) is 0 Å². The van der Waals surface area contributed by atoms with Gasteiger partial charge in [0, 0.05) is 38.8 Å². The molecule has 3 aliphatic rings. The summed E-state index contributed by atoms with van der Waals surface area (Å²) in [6.07, 6.45) is 7.55. The molecule has 2 heteroatoms. The van der Waals surface area contributed by atoms with Gasteiger partial charge in [-0.15, -0.1) is 0 Å². The second-order valence-corrected chi connectivity index (χ2v) is 8.85. The number of likely N-dealkylation sites (tertiary alicyclic amines) is 2. The number of hydrogen-bond acceptors (Lipinski definition) is 2. The van der Waals surface area contributed by atoms with Gasteiger partial charge in [0.1, 0.15) is 0 Å². The van der Waals surface area contributed by atoms with E-state index in [-0.39, 0.29) is 0 Å². The predicted octanol–water partition coefficient (Wildman–Crippen LogP) is 3.86. The summed E-state index contributed by atoms with van der Waals surface area (Å²) in [6.45, 7) is 16.3. The normalized spacial score (nSPS) is 34.0. The molecule has 2 atom stereocenters. The van der Waals surface area contributed by atoms with E-state index < -0.39 is 0 Å². The minimum absolute atomic E-state index is 0.719. The molecule has 2 saturated heterocycles. The highest BCUT2D eigenvalue weighted by Crippen LogP contribution is 2.54. The minimum atomic E-state index is 0.719. The fraction of sp³-hybridized carbons (Fsp3) is 1.00. The molecule has 2 aliphatic heterocycles. The molecule has 0 unspecified atom stereocenters. The predicted molar refractivity (Wildman–Crippen MR) is 90.5 cm³/mol. The van der Waals surface area contributed by atoms with Gasteiger partial charge in [0.25, 0.3) is 0 Å². The quantitative estimate of drug-likeness (QED) is 0.779. The first-order chi connectivity index (χ1) is 10.0. The highest BCUT2D eigenvalue weighted by atomic mass is 15.2. The van der Waals surface area contributed by atoms with E-state index in [1.807, 2.05) is 0 Å². The zero-order chi connectivity index (χ0) is 15.0. The maximum absolute atomic E-state index is 2.80. The summed E-state index contributed by atoms with van der Waals surface area (Å²) in [5.41, 5.74) is 0.719. The molecule has 0 radical (unpaired) electrons. The molecule has 2 heterocycles. The molecule has 122 valence electrons. The Labute approximate surface area is 132 Å². The Morgan fingerprint density at radius 3 is 1.90 bits per heavy atom. The van der Waals surface area contributed by atoms with Crippen molar-refractivity contribution >= 4 is 0 Å². The molecule has 0 aromatic carbocycles. The van der Waals surface area contributed by atoms with Gasteiger partial charge in [-0.1, -0.05) is 33.1 Å². The fourth-order valence-corrected chi connectivity index (χ4v) is 5.63. The molecule has 3 rings (SSSR count). The molecule has 0 N–H and O–H groups in total. The Morgan fingerprint density at radius 2 is 1.43 bits per heavy atom. The lowest BCUT2D eigenvalue weighted by atomic mass is 9.55. The molecule has 21 heavy (non-hydrogen) atoms. The van der Waals surface area contributed by atoms with Gasteiger partial charge in [0.2, 0.25) is 0 Å². The fourth-order valence-electron chi connectivity index (χ4n) is 5.63. The molecule has 1 spiro atoms. The monoisotopic (exact) mass is 292 g/mol. The first-order valence-electron chi connectivity index (χ1n) is 9.47. The van der Waals surface area contributed by atoms with E-state index in [4.69, 9.17) is 0 Å². The Kier molecular flexibility index (Phi) is 4.66. The van der Waals surface area contributed by atoms with Crippen LogP contribution in [0.1, 0.15) is 59.8 Å². The second-order valence-electron chi connectivity index (χ2n) is 8.85. The van der Waals surface area contributed by atoms with Crippen molar-refractivity contribution in [2.24, 2.45) is 23.2 Å². The van der Waals surface area contributed by atoms with Crippen molar-refractivity contribution in [3.05, 3.63) is 0 Å². The summed E-state index contributed by atoms with van der Waals surface area (Å²) < 4.78 is 0. The Balaban J connectivity index is 1.78. The SMILES string of the molecule is CC(C)CN1C[C@@H]2CN(C(C)C)C[C@@H](C1)C21CCCCC1. The van der Waals surface area contributed by atoms with Crippen LogP contribution in [0.3, 0.4) is 0 Å². The van der Waals surface area contributed by atoms with Crippen LogP contribution in [-0.4, -0.2) is 48.6 Å². The number of hydrogen-bond donors (Lipinski definition) is 0. The Hall–Kier alpha value is -0.0800. The molecule has 0 amide bonds. The van der Waals surface area contributed by atoms with Crippen LogP contribution in [0.15, 0.2) is 0 Å². The van der Waals surface area contributed by atoms with Crippen LogP contribution in [0.4, 0.5) is 0 Å². The molecular weight excluding hydrogens is 256 g/mol. The zero-order valence-electron chi connectivity index (χ0n) is 14.8. The lowest BCUT2D eigenvalue weighted by molar-refractivity contribution is -0.118. The van der Waals surface area contributed by atoms with Crippen molar-refractivity contribution in [3.8, 4) is 0 Å². The van der Waals surface area contributed by atoms with Crippen molar-refractivity contribution in [2.45, 2.75) is 65.8 Å². The van der Waals surface area contributed by atoms with Crippen LogP contribution in [-0.2, 0) is 0 Å². The van der Waals surface area contributed by atoms with Gasteiger partial charge in [-0.05, 0) is 49.9 Å². The maximum atomic E-state index is 2.80. The number of piperidine rings is 2. The lowest BCUT2D eigenvalue weighted by Crippen LogP contribution is -2.64. The third kappa shape index (κ3) is 3.03. The number of rotatable bonds is 3. The molecule has 0 aromatic rings. The molecule has 1 saturated carbocycles. The van der Waals surface area contributed by atoms with E-state index in [1.54, 1.807) is 0 Å². The smallest absolute Gasteiger partial charge is 0.00388 e. The zero-order valence-corrected chi connectivity index (χ0v) is 14.8. The maximum Gasteiger partial charge on any atom is 0.00388 e. The standard InChI is InChI=1S/C19H36N2/c1-15(2)10-20-11-17-13-21(16(3)4)14-18(12-20)19(17)8-6-5-7-9-19/h15-18H,5-14H2,1-4H3/t17-,18-/m1/s1. The topological polar surface area (TPSA) is 6.48 Å². The van der Waals surface area contributed by atoms with Gasteiger partial charge >= 0.3 is 0 Å². The molecular formula is C19H36N2.